The number of hydrogen-bond donors (Lipinski definition) is 0. The maximum atomic E-state index is 2.58. The molecule has 0 amide bonds. The van der Waals surface area contributed by atoms with E-state index in [0.29, 0.717) is 0 Å². The molecule has 0 N–H and O–H groups in total. The third-order valence-electron chi connectivity index (χ3n) is 11.2. The fourth-order valence-electron chi connectivity index (χ4n) is 8.85. The lowest BCUT2D eigenvalue weighted by atomic mass is 9.78. The van der Waals surface area contributed by atoms with Crippen LogP contribution in [0, 0.1) is 0 Å². The minimum absolute atomic E-state index is 0.0468. The Bertz CT molecular complexity index is 2240. The molecule has 1 aliphatic carbocycles. The van der Waals surface area contributed by atoms with Crippen LogP contribution in [0.1, 0.15) is 88.8 Å². The lowest BCUT2D eigenvalue weighted by molar-refractivity contribution is -0.955. The molecule has 0 radical (unpaired) electrons. The summed E-state index contributed by atoms with van der Waals surface area (Å²) in [6.45, 7) is 18.8. The number of pyridine rings is 2. The van der Waals surface area contributed by atoms with Crippen molar-refractivity contribution < 1.29 is 9.13 Å². The molecular formula is C44H42N2+2. The van der Waals surface area contributed by atoms with Crippen LogP contribution < -0.4 is 9.13 Å². The first-order valence-electron chi connectivity index (χ1n) is 16.8. The molecule has 0 bridgehead atoms. The summed E-state index contributed by atoms with van der Waals surface area (Å²) >= 11 is 0. The number of nitrogens with zero attached hydrogens (tertiary/aromatic N) is 2. The molecule has 0 fully saturated rings. The summed E-state index contributed by atoms with van der Waals surface area (Å²) in [5, 5.41) is 2.67. The second kappa shape index (κ2) is 8.62. The van der Waals surface area contributed by atoms with E-state index < -0.39 is 5.66 Å². The third kappa shape index (κ3) is 3.32. The molecule has 1 spiro atoms. The van der Waals surface area contributed by atoms with Gasteiger partial charge in [0.25, 0.3) is 0 Å². The Morgan fingerprint density at radius 3 is 1.98 bits per heavy atom. The molecule has 4 aromatic carbocycles. The van der Waals surface area contributed by atoms with Crippen molar-refractivity contribution in [3.8, 4) is 33.6 Å². The van der Waals surface area contributed by atoms with Crippen molar-refractivity contribution in [2.75, 3.05) is 0 Å². The molecule has 2 aliphatic heterocycles. The van der Waals surface area contributed by atoms with Crippen molar-refractivity contribution in [1.29, 1.82) is 0 Å². The highest BCUT2D eigenvalue weighted by Gasteiger charge is 2.67. The third-order valence-corrected chi connectivity index (χ3v) is 11.2. The average molecular weight is 599 g/mol. The van der Waals surface area contributed by atoms with E-state index >= 15 is 0 Å². The fourth-order valence-corrected chi connectivity index (χ4v) is 8.85. The molecule has 2 heteroatoms. The molecule has 0 saturated heterocycles. The summed E-state index contributed by atoms with van der Waals surface area (Å²) in [5.41, 5.74) is 15.7. The van der Waals surface area contributed by atoms with Crippen LogP contribution in [-0.4, -0.2) is 0 Å². The fraction of sp³-hybridized carbons (Fsp3) is 0.273. The first kappa shape index (κ1) is 27.7. The van der Waals surface area contributed by atoms with E-state index in [1.54, 1.807) is 0 Å². The minimum atomic E-state index is -0.522. The van der Waals surface area contributed by atoms with Gasteiger partial charge in [0.05, 0.1) is 11.1 Å². The maximum absolute atomic E-state index is 2.58. The number of hydrogen-bond acceptors (Lipinski definition) is 0. The van der Waals surface area contributed by atoms with Crippen molar-refractivity contribution in [3.63, 3.8) is 0 Å². The van der Waals surface area contributed by atoms with E-state index in [4.69, 9.17) is 0 Å². The van der Waals surface area contributed by atoms with Gasteiger partial charge >= 0.3 is 5.66 Å². The van der Waals surface area contributed by atoms with Crippen LogP contribution in [0.4, 0.5) is 0 Å². The van der Waals surface area contributed by atoms with Crippen LogP contribution >= 0.6 is 0 Å². The van der Waals surface area contributed by atoms with Gasteiger partial charge in [-0.25, -0.2) is 0 Å². The van der Waals surface area contributed by atoms with Crippen LogP contribution in [0.5, 0.6) is 0 Å². The molecule has 2 nitrogen and oxygen atoms in total. The molecular weight excluding hydrogens is 556 g/mol. The Hall–Kier alpha value is -4.56. The van der Waals surface area contributed by atoms with Crippen LogP contribution in [-0.2, 0) is 21.9 Å². The molecule has 3 aliphatic rings. The van der Waals surface area contributed by atoms with Crippen molar-refractivity contribution in [3.05, 3.63) is 143 Å². The Labute approximate surface area is 273 Å². The Balaban J connectivity index is 1.40. The van der Waals surface area contributed by atoms with Gasteiger partial charge in [-0.2, -0.15) is 0 Å². The quantitative estimate of drug-likeness (QED) is 0.154. The van der Waals surface area contributed by atoms with E-state index in [9.17, 15) is 0 Å². The SMILES string of the molecule is CC(C)(C)c1ccc2c(c1)-c1cc(C(C)(C)C)cc[n+]1C21c2cc3c(cc2-c2cccc[n+]21)-c1ccc2ccccc2c1C3(C)C. The van der Waals surface area contributed by atoms with Gasteiger partial charge < -0.3 is 0 Å². The monoisotopic (exact) mass is 598 g/mol. The summed E-state index contributed by atoms with van der Waals surface area (Å²) in [6.07, 6.45) is 4.67. The summed E-state index contributed by atoms with van der Waals surface area (Å²) in [7, 11) is 0. The Morgan fingerprint density at radius 2 is 1.20 bits per heavy atom. The molecule has 1 unspecified atom stereocenters. The maximum Gasteiger partial charge on any atom is 0.417 e. The highest BCUT2D eigenvalue weighted by Crippen LogP contribution is 2.56. The van der Waals surface area contributed by atoms with E-state index in [0.717, 1.165) is 0 Å². The molecule has 6 aromatic rings. The lowest BCUT2D eigenvalue weighted by Gasteiger charge is -2.24. The molecule has 4 heterocycles. The Morgan fingerprint density at radius 1 is 0.500 bits per heavy atom. The van der Waals surface area contributed by atoms with Gasteiger partial charge in [0.2, 0.25) is 11.4 Å². The van der Waals surface area contributed by atoms with Crippen LogP contribution in [0.2, 0.25) is 0 Å². The van der Waals surface area contributed by atoms with E-state index in [-0.39, 0.29) is 16.2 Å². The first-order chi connectivity index (χ1) is 21.8. The molecule has 1 atom stereocenters. The number of aromatic nitrogens is 2. The number of benzene rings is 4. The van der Waals surface area contributed by atoms with E-state index in [1.165, 1.54) is 77.8 Å². The summed E-state index contributed by atoms with van der Waals surface area (Å²) in [4.78, 5) is 0. The summed E-state index contributed by atoms with van der Waals surface area (Å²) in [5.74, 6) is 0. The minimum Gasteiger partial charge on any atom is -0.126 e. The lowest BCUT2D eigenvalue weighted by Crippen LogP contribution is -2.71. The predicted molar refractivity (Wildman–Crippen MR) is 188 cm³/mol. The predicted octanol–water partition coefficient (Wildman–Crippen LogP) is 9.57. The van der Waals surface area contributed by atoms with Crippen LogP contribution in [0.25, 0.3) is 44.4 Å². The average Bonchev–Trinajstić information content (AvgIpc) is 3.57. The van der Waals surface area contributed by atoms with Crippen molar-refractivity contribution in [1.82, 2.24) is 0 Å². The topological polar surface area (TPSA) is 7.76 Å². The van der Waals surface area contributed by atoms with Gasteiger partial charge in [-0.3, -0.25) is 0 Å². The first-order valence-corrected chi connectivity index (χ1v) is 16.8. The van der Waals surface area contributed by atoms with Gasteiger partial charge in [-0.05, 0) is 85.3 Å². The standard InChI is InChI=1S/C44H42N2/c1-41(2,3)28-17-19-35-33(23-28)39-24-29(42(4,5)6)20-22-46(39)44(35)37-26-36-32(25-34(37)38-15-11-12-21-45(38)44)31-18-16-27-13-9-10-14-30(27)40(31)43(36,7)8/h9-26H,1-8H3/q+2. The van der Waals surface area contributed by atoms with Crippen LogP contribution in [0.3, 0.4) is 0 Å². The van der Waals surface area contributed by atoms with Crippen molar-refractivity contribution >= 4 is 10.8 Å². The molecule has 46 heavy (non-hydrogen) atoms. The summed E-state index contributed by atoms with van der Waals surface area (Å²) in [6, 6.07) is 37.4. The van der Waals surface area contributed by atoms with Gasteiger partial charge in [0.1, 0.15) is 11.1 Å². The summed E-state index contributed by atoms with van der Waals surface area (Å²) < 4.78 is 5.12. The highest BCUT2D eigenvalue weighted by atomic mass is 15.3. The second-order valence-electron chi connectivity index (χ2n) is 16.3. The zero-order chi connectivity index (χ0) is 32.0. The van der Waals surface area contributed by atoms with E-state index in [1.807, 2.05) is 0 Å². The van der Waals surface area contributed by atoms with Gasteiger partial charge in [-0.1, -0.05) is 97.9 Å². The van der Waals surface area contributed by atoms with Crippen molar-refractivity contribution in [2.24, 2.45) is 0 Å². The largest absolute Gasteiger partial charge is 0.417 e. The second-order valence-corrected chi connectivity index (χ2v) is 16.3. The molecule has 9 rings (SSSR count). The van der Waals surface area contributed by atoms with Gasteiger partial charge in [0, 0.05) is 29.7 Å². The van der Waals surface area contributed by atoms with Gasteiger partial charge in [-0.15, -0.1) is 9.13 Å². The zero-order valence-electron chi connectivity index (χ0n) is 28.3. The van der Waals surface area contributed by atoms with Gasteiger partial charge in [0.15, 0.2) is 12.4 Å². The Kier molecular flexibility index (Phi) is 5.19. The smallest absolute Gasteiger partial charge is 0.126 e. The normalized spacial score (nSPS) is 18.3. The molecule has 226 valence electrons. The molecule has 2 aromatic heterocycles. The number of rotatable bonds is 0. The van der Waals surface area contributed by atoms with Crippen LogP contribution in [0.15, 0.2) is 109 Å². The number of fused-ring (bicyclic) bond motifs is 15. The zero-order valence-corrected chi connectivity index (χ0v) is 28.3. The van der Waals surface area contributed by atoms with Crippen molar-refractivity contribution in [2.45, 2.75) is 77.3 Å². The van der Waals surface area contributed by atoms with E-state index in [2.05, 4.69) is 174 Å². The molecule has 0 saturated carbocycles. The highest BCUT2D eigenvalue weighted by molar-refractivity contribution is 5.98.